The Bertz CT molecular complexity index is 2370. The molecule has 0 aliphatic carbocycles. The van der Waals surface area contributed by atoms with Gasteiger partial charge in [-0.1, -0.05) is 48.5 Å². The monoisotopic (exact) mass is 814 g/mol. The van der Waals surface area contributed by atoms with E-state index in [1.807, 2.05) is 97.1 Å². The smallest absolute Gasteiger partial charge is 0.0737 e. The number of nitrogens with one attached hydrogen (secondary N) is 2. The van der Waals surface area contributed by atoms with E-state index in [-0.39, 0.29) is 41.7 Å². The average Bonchev–Trinajstić information content (AvgIpc) is 3.99. The summed E-state index contributed by atoms with van der Waals surface area (Å²) in [6.45, 7) is 0. The normalized spacial score (nSPS) is 11.8. The van der Waals surface area contributed by atoms with Gasteiger partial charge in [0.1, 0.15) is 0 Å². The summed E-state index contributed by atoms with van der Waals surface area (Å²) in [5, 5.41) is 0. The Hall–Kier alpha value is -5.94. The number of aromatic nitrogens is 4. The van der Waals surface area contributed by atoms with Crippen LogP contribution in [-0.4, -0.2) is 19.9 Å². The topological polar surface area (TPSA) is 161 Å². The molecule has 0 saturated carbocycles. The first kappa shape index (κ1) is 34.2. The molecule has 4 aromatic carbocycles. The predicted molar refractivity (Wildman–Crippen MR) is 218 cm³/mol. The van der Waals surface area contributed by atoms with Crippen molar-refractivity contribution in [1.82, 2.24) is 19.9 Å². The summed E-state index contributed by atoms with van der Waals surface area (Å²) >= 11 is 0. The van der Waals surface area contributed by atoms with E-state index >= 15 is 0 Å². The third-order valence-electron chi connectivity index (χ3n) is 9.55. The van der Waals surface area contributed by atoms with Crippen LogP contribution >= 0.6 is 0 Å². The largest absolute Gasteiger partial charge is 0.399 e. The van der Waals surface area contributed by atoms with Crippen molar-refractivity contribution in [3.63, 3.8) is 0 Å². The van der Waals surface area contributed by atoms with Crippen LogP contribution in [0.25, 0.3) is 90.9 Å². The molecule has 8 nitrogen and oxygen atoms in total. The number of nitrogens with zero attached hydrogens (tertiary/aromatic N) is 2. The molecule has 2 aliphatic rings. The second kappa shape index (κ2) is 13.9. The molecule has 254 valence electrons. The fourth-order valence-corrected chi connectivity index (χ4v) is 7.02. The number of H-pyrrole nitrogens is 2. The van der Waals surface area contributed by atoms with Crippen molar-refractivity contribution in [2.45, 2.75) is 0 Å². The fourth-order valence-electron chi connectivity index (χ4n) is 7.02. The zero-order chi connectivity index (χ0) is 35.3. The van der Waals surface area contributed by atoms with Gasteiger partial charge in [-0.2, -0.15) is 0 Å². The van der Waals surface area contributed by atoms with Crippen LogP contribution in [0.4, 0.5) is 22.7 Å². The number of nitrogen functional groups attached to an aromatic ring is 4. The molecule has 8 bridgehead atoms. The van der Waals surface area contributed by atoms with Gasteiger partial charge in [0, 0.05) is 109 Å². The van der Waals surface area contributed by atoms with Crippen LogP contribution < -0.4 is 22.9 Å². The standard InChI is InChI=1S/C44H34N8.Ce/c45-29-9-1-25(2-10-29)41-33-17-19-35(49-33)42(26-3-11-30(46)12-4-26)37-21-23-39(51-37)44(28-7-15-32(48)16-8-28)40-24-22-38(52-40)43(36-20-18-34(41)50-36)27-5-13-31(47)14-6-27;/h1-24,49,52H,45-48H2;. The first-order valence-corrected chi connectivity index (χ1v) is 17.0. The SMILES string of the molecule is Nc1ccc(-c2c3nc(c(-c4ccc(N)cc4)c4ccc([nH]4)c(-c4ccc(N)cc4)c4nc(c(-c5ccc(N)cc5)c5ccc2[nH]5)C=C4)C=C3)cc1.[Ce]. The van der Waals surface area contributed by atoms with Crippen molar-refractivity contribution in [2.24, 2.45) is 0 Å². The number of aromatic amines is 2. The van der Waals surface area contributed by atoms with Gasteiger partial charge < -0.3 is 32.9 Å². The molecule has 0 unspecified atom stereocenters. The average molecular weight is 815 g/mol. The van der Waals surface area contributed by atoms with E-state index in [9.17, 15) is 0 Å². The van der Waals surface area contributed by atoms with Crippen molar-refractivity contribution >= 4 is 69.1 Å². The summed E-state index contributed by atoms with van der Waals surface area (Å²) in [5.41, 5.74) is 41.9. The molecule has 0 spiro atoms. The van der Waals surface area contributed by atoms with Crippen LogP contribution in [0.3, 0.4) is 0 Å². The molecule has 5 heterocycles. The van der Waals surface area contributed by atoms with Gasteiger partial charge in [0.2, 0.25) is 0 Å². The van der Waals surface area contributed by atoms with Crippen LogP contribution in [0.1, 0.15) is 22.8 Å². The number of anilines is 4. The molecule has 9 rings (SSSR count). The number of hydrogen-bond donors (Lipinski definition) is 6. The maximum Gasteiger partial charge on any atom is 0.0737 e. The van der Waals surface area contributed by atoms with E-state index in [2.05, 4.69) is 58.5 Å². The van der Waals surface area contributed by atoms with Gasteiger partial charge in [-0.15, -0.1) is 0 Å². The molecule has 10 N–H and O–H groups in total. The summed E-state index contributed by atoms with van der Waals surface area (Å²) in [5.74, 6) is 0. The number of nitrogens with two attached hydrogens (primary N) is 4. The number of hydrogen-bond acceptors (Lipinski definition) is 6. The van der Waals surface area contributed by atoms with Crippen molar-refractivity contribution in [2.75, 3.05) is 22.9 Å². The molecule has 53 heavy (non-hydrogen) atoms. The van der Waals surface area contributed by atoms with E-state index in [0.29, 0.717) is 22.7 Å². The van der Waals surface area contributed by atoms with Crippen LogP contribution in [0.15, 0.2) is 121 Å². The number of rotatable bonds is 4. The molecule has 0 saturated heterocycles. The van der Waals surface area contributed by atoms with E-state index in [0.717, 1.165) is 89.4 Å². The van der Waals surface area contributed by atoms with E-state index in [1.54, 1.807) is 0 Å². The first-order chi connectivity index (χ1) is 25.4. The van der Waals surface area contributed by atoms with Crippen LogP contribution in [0.5, 0.6) is 0 Å². The van der Waals surface area contributed by atoms with Crippen LogP contribution in [0.2, 0.25) is 0 Å². The molecular formula is C44H34CeN8. The summed E-state index contributed by atoms with van der Waals surface area (Å²) in [6.07, 6.45) is 8.29. The Kier molecular flexibility index (Phi) is 8.95. The summed E-state index contributed by atoms with van der Waals surface area (Å²) in [4.78, 5) is 18.2. The minimum atomic E-state index is 0. The van der Waals surface area contributed by atoms with Crippen molar-refractivity contribution in [1.29, 1.82) is 0 Å². The molecule has 0 amide bonds. The quantitative estimate of drug-likeness (QED) is 0.0970. The fraction of sp³-hybridized carbons (Fsp3) is 0. The molecule has 2 aliphatic heterocycles. The predicted octanol–water partition coefficient (Wildman–Crippen LogP) is 9.65. The Morgan fingerprint density at radius 1 is 0.302 bits per heavy atom. The number of benzene rings is 4. The van der Waals surface area contributed by atoms with Gasteiger partial charge in [-0.25, -0.2) is 9.97 Å². The molecule has 3 aromatic heterocycles. The van der Waals surface area contributed by atoms with Crippen molar-refractivity contribution < 1.29 is 41.7 Å². The van der Waals surface area contributed by atoms with E-state index in [1.165, 1.54) is 0 Å². The van der Waals surface area contributed by atoms with Crippen molar-refractivity contribution in [3.8, 4) is 44.5 Å². The van der Waals surface area contributed by atoms with E-state index in [4.69, 9.17) is 32.9 Å². The Balaban J connectivity index is 0.00000400. The minimum Gasteiger partial charge on any atom is -0.399 e. The third-order valence-corrected chi connectivity index (χ3v) is 9.55. The second-order valence-corrected chi connectivity index (χ2v) is 13.0. The first-order valence-electron chi connectivity index (χ1n) is 17.0. The third kappa shape index (κ3) is 6.41. The maximum atomic E-state index is 6.15. The van der Waals surface area contributed by atoms with Gasteiger partial charge in [-0.3, -0.25) is 0 Å². The van der Waals surface area contributed by atoms with Gasteiger partial charge in [0.25, 0.3) is 0 Å². The van der Waals surface area contributed by atoms with Gasteiger partial charge in [0.15, 0.2) is 0 Å². The molecular weight excluding hydrogens is 781 g/mol. The van der Waals surface area contributed by atoms with Gasteiger partial charge in [-0.05, 0) is 119 Å². The van der Waals surface area contributed by atoms with Crippen LogP contribution in [-0.2, 0) is 0 Å². The Morgan fingerprint density at radius 3 is 0.717 bits per heavy atom. The molecule has 0 radical (unpaired) electrons. The zero-order valence-electron chi connectivity index (χ0n) is 28.6. The second-order valence-electron chi connectivity index (χ2n) is 13.0. The minimum absolute atomic E-state index is 0. The Morgan fingerprint density at radius 2 is 0.509 bits per heavy atom. The van der Waals surface area contributed by atoms with Gasteiger partial charge in [0.05, 0.1) is 22.8 Å². The molecule has 0 atom stereocenters. The maximum absolute atomic E-state index is 6.15. The van der Waals surface area contributed by atoms with Crippen LogP contribution in [0, 0.1) is 41.7 Å². The summed E-state index contributed by atoms with van der Waals surface area (Å²) in [6, 6.07) is 40.0. The molecule has 0 fully saturated rings. The van der Waals surface area contributed by atoms with Crippen molar-refractivity contribution in [3.05, 3.63) is 144 Å². The zero-order valence-corrected chi connectivity index (χ0v) is 31.7. The summed E-state index contributed by atoms with van der Waals surface area (Å²) in [7, 11) is 0. The Labute approximate surface area is 339 Å². The van der Waals surface area contributed by atoms with Gasteiger partial charge >= 0.3 is 0 Å². The summed E-state index contributed by atoms with van der Waals surface area (Å²) < 4.78 is 0. The number of fused-ring (bicyclic) bond motifs is 8. The van der Waals surface area contributed by atoms with E-state index < -0.39 is 0 Å². The molecule has 9 heteroatoms. The molecule has 7 aromatic rings.